The van der Waals surface area contributed by atoms with Crippen LogP contribution in [0.2, 0.25) is 0 Å². The summed E-state index contributed by atoms with van der Waals surface area (Å²) >= 11 is 0. The van der Waals surface area contributed by atoms with Crippen LogP contribution in [0.5, 0.6) is 11.5 Å². The van der Waals surface area contributed by atoms with Crippen molar-refractivity contribution >= 4 is 12.4 Å². The molecule has 1 unspecified atom stereocenters. The van der Waals surface area contributed by atoms with Crippen LogP contribution >= 0.6 is 0 Å². The lowest BCUT2D eigenvalue weighted by Crippen LogP contribution is -2.61. The molecule has 0 N–H and O–H groups in total. The third kappa shape index (κ3) is 6.73. The van der Waals surface area contributed by atoms with E-state index in [2.05, 4.69) is 163 Å². The van der Waals surface area contributed by atoms with E-state index in [0.29, 0.717) is 5.92 Å². The number of benzene rings is 2. The van der Waals surface area contributed by atoms with Gasteiger partial charge in [-0.1, -0.05) is 62.8 Å². The van der Waals surface area contributed by atoms with E-state index in [9.17, 15) is 0 Å². The zero-order valence-corrected chi connectivity index (χ0v) is 33.5. The molecule has 6 nitrogen and oxygen atoms in total. The van der Waals surface area contributed by atoms with Gasteiger partial charge in [0.15, 0.2) is 23.9 Å². The molecule has 48 heavy (non-hydrogen) atoms. The lowest BCUT2D eigenvalue weighted by molar-refractivity contribution is -0.875. The molecule has 0 aliphatic carbocycles. The van der Waals surface area contributed by atoms with E-state index >= 15 is 0 Å². The fourth-order valence-corrected chi connectivity index (χ4v) is 7.64. The second-order valence-corrected chi connectivity index (χ2v) is 20.1. The van der Waals surface area contributed by atoms with Crippen LogP contribution < -0.4 is 9.47 Å². The maximum absolute atomic E-state index is 7.31. The van der Waals surface area contributed by atoms with Crippen LogP contribution in [0.4, 0.5) is 0 Å². The summed E-state index contributed by atoms with van der Waals surface area (Å²) in [6.07, 6.45) is 9.49. The van der Waals surface area contributed by atoms with E-state index < -0.39 is 6.03 Å². The fourth-order valence-electron chi connectivity index (χ4n) is 7.64. The maximum Gasteiger partial charge on any atom is 0.705 e. The van der Waals surface area contributed by atoms with E-state index in [-0.39, 0.29) is 21.9 Å². The molecule has 0 aromatic heterocycles. The average Bonchev–Trinajstić information content (AvgIpc) is 3.04. The van der Waals surface area contributed by atoms with E-state index in [1.807, 2.05) is 0 Å². The molecule has 1 spiro atoms. The molecule has 0 amide bonds. The summed E-state index contributed by atoms with van der Waals surface area (Å²) in [5.41, 5.74) is 5.53. The topological polar surface area (TPSA) is 24.5 Å². The zero-order valence-electron chi connectivity index (χ0n) is 33.5. The van der Waals surface area contributed by atoms with Gasteiger partial charge >= 0.3 is 6.03 Å². The number of rotatable bonds is 9. The molecule has 5 rings (SSSR count). The van der Waals surface area contributed by atoms with Crippen LogP contribution in [0.25, 0.3) is 0 Å². The summed E-state index contributed by atoms with van der Waals surface area (Å²) in [6, 6.07) is 10.5. The van der Waals surface area contributed by atoms with Gasteiger partial charge in [-0.25, -0.2) is 0 Å². The highest BCUT2D eigenvalue weighted by molar-refractivity contribution is 5.84. The monoisotopic (exact) mass is 661 g/mol. The molecule has 0 saturated carbocycles. The van der Waals surface area contributed by atoms with E-state index in [1.54, 1.807) is 0 Å². The highest BCUT2D eigenvalue weighted by Gasteiger charge is 2.83. The first-order valence-electron chi connectivity index (χ1n) is 18.4. The Morgan fingerprint density at radius 1 is 0.667 bits per heavy atom. The van der Waals surface area contributed by atoms with Crippen LogP contribution in [0.15, 0.2) is 30.3 Å². The van der Waals surface area contributed by atoms with Gasteiger partial charge in [-0.05, 0) is 71.8 Å². The van der Waals surface area contributed by atoms with Crippen LogP contribution in [0.1, 0.15) is 129 Å². The van der Waals surface area contributed by atoms with Crippen LogP contribution in [-0.2, 0) is 10.8 Å². The minimum Gasteiger partial charge on any atom is -0.341 e. The normalized spacial score (nSPS) is 21.4. The summed E-state index contributed by atoms with van der Waals surface area (Å²) in [7, 11) is 13.8. The lowest BCUT2D eigenvalue weighted by Gasteiger charge is -2.33. The van der Waals surface area contributed by atoms with Crippen molar-refractivity contribution in [2.45, 2.75) is 129 Å². The molecule has 264 valence electrons. The second-order valence-electron chi connectivity index (χ2n) is 20.1. The van der Waals surface area contributed by atoms with Crippen molar-refractivity contribution in [1.29, 1.82) is 0 Å². The van der Waals surface area contributed by atoms with Crippen molar-refractivity contribution in [1.82, 2.24) is 0 Å². The van der Waals surface area contributed by atoms with Gasteiger partial charge < -0.3 is 18.4 Å². The first-order valence-corrected chi connectivity index (χ1v) is 18.4. The molecule has 2 aromatic rings. The van der Waals surface area contributed by atoms with Crippen molar-refractivity contribution in [3.05, 3.63) is 58.1 Å². The van der Waals surface area contributed by atoms with Gasteiger partial charge in [-0.3, -0.25) is 0 Å². The van der Waals surface area contributed by atoms with Gasteiger partial charge in [0.2, 0.25) is 11.1 Å². The molecule has 6 heteroatoms. The number of quaternary nitrogens is 2. The highest BCUT2D eigenvalue weighted by Crippen LogP contribution is 2.51. The first-order chi connectivity index (χ1) is 21.8. The number of fused-ring (bicyclic) bond motifs is 2. The summed E-state index contributed by atoms with van der Waals surface area (Å²) in [4.78, 5) is 0. The Morgan fingerprint density at radius 2 is 1.19 bits per heavy atom. The van der Waals surface area contributed by atoms with Crippen molar-refractivity contribution in [2.24, 2.45) is 0 Å². The van der Waals surface area contributed by atoms with Gasteiger partial charge in [0.05, 0.1) is 66.5 Å². The van der Waals surface area contributed by atoms with Crippen LogP contribution in [-0.4, -0.2) is 103 Å². The molecule has 3 aliphatic rings. The Labute approximate surface area is 293 Å². The molecule has 1 fully saturated rings. The molecule has 0 radical (unpaired) electrons. The summed E-state index contributed by atoms with van der Waals surface area (Å²) < 4.78 is 21.2. The van der Waals surface area contributed by atoms with Crippen molar-refractivity contribution < 1.29 is 27.6 Å². The van der Waals surface area contributed by atoms with Gasteiger partial charge in [-0.2, -0.15) is 0 Å². The van der Waals surface area contributed by atoms with Crippen LogP contribution in [0, 0.1) is 0 Å². The summed E-state index contributed by atoms with van der Waals surface area (Å²) in [5.74, 6) is 2.33. The van der Waals surface area contributed by atoms with Crippen molar-refractivity contribution in [2.75, 3.05) is 55.4 Å². The third-order valence-corrected chi connectivity index (χ3v) is 11.4. The minimum atomic E-state index is -1.12. The van der Waals surface area contributed by atoms with E-state index in [4.69, 9.17) is 9.47 Å². The van der Waals surface area contributed by atoms with Gasteiger partial charge in [-0.15, -0.1) is 0 Å². The molecular weight excluding hydrogens is 592 g/mol. The zero-order chi connectivity index (χ0) is 35.9. The molecule has 3 aliphatic heterocycles. The van der Waals surface area contributed by atoms with Crippen molar-refractivity contribution in [3.8, 4) is 11.5 Å². The molecular formula is C42H68N4O2+4. The third-order valence-electron chi connectivity index (χ3n) is 11.4. The first kappa shape index (κ1) is 36.6. The van der Waals surface area contributed by atoms with E-state index in [1.165, 1.54) is 55.5 Å². The lowest BCUT2D eigenvalue weighted by atomic mass is 9.78. The van der Waals surface area contributed by atoms with E-state index in [0.717, 1.165) is 31.6 Å². The number of hydrogen-bond donors (Lipinski definition) is 0. The fraction of sp³-hybridized carbons (Fsp3) is 0.667. The largest absolute Gasteiger partial charge is 0.705 e. The van der Waals surface area contributed by atoms with Crippen LogP contribution in [0.3, 0.4) is 0 Å². The molecule has 2 aromatic carbocycles. The Morgan fingerprint density at radius 3 is 1.67 bits per heavy atom. The molecule has 1 saturated heterocycles. The average molecular weight is 661 g/mol. The number of ether oxygens (including phenoxy) is 2. The Balaban J connectivity index is 1.60. The summed E-state index contributed by atoms with van der Waals surface area (Å²) in [6.45, 7) is 25.4. The predicted octanol–water partition coefficient (Wildman–Crippen LogP) is 7.87. The Hall–Kier alpha value is -2.70. The standard InChI is InChI=1S/C42H68N4O2/c1-38(2,3)34-26-33-29-44-41(9,10)40(7,8)43-28-32-25-31(30(19-17-23-45(11,12)13)20-18-24-46(14,15)16)21-22-36(32)47-42(43,44)48-37(33)35(27-34)39(4,5)6/h21-22,25-30H,17-20,23-24H2,1-16H3/q+4. The number of nitrogens with zero attached hydrogens (tertiary/aromatic N) is 4. The smallest absolute Gasteiger partial charge is 0.341 e. The predicted molar refractivity (Wildman–Crippen MR) is 200 cm³/mol. The second kappa shape index (κ2) is 11.7. The Bertz CT molecular complexity index is 1600. The minimum absolute atomic E-state index is 0.0191. The molecule has 3 heterocycles. The molecule has 1 atom stereocenters. The highest BCUT2D eigenvalue weighted by atomic mass is 16.7. The maximum atomic E-state index is 7.31. The summed E-state index contributed by atoms with van der Waals surface area (Å²) in [5, 5.41) is 0. The van der Waals surface area contributed by atoms with Crippen molar-refractivity contribution in [3.63, 3.8) is 0 Å². The van der Waals surface area contributed by atoms with Gasteiger partial charge in [0.25, 0.3) is 0 Å². The quantitative estimate of drug-likeness (QED) is 0.202. The Kier molecular flexibility index (Phi) is 8.91. The van der Waals surface area contributed by atoms with Gasteiger partial charge in [0.1, 0.15) is 0 Å². The van der Waals surface area contributed by atoms with Gasteiger partial charge in [0, 0.05) is 33.3 Å². The number of hydrogen-bond acceptors (Lipinski definition) is 2. The molecule has 0 bridgehead atoms. The SMILES string of the molecule is CC(C)(C)c1cc2c(c(C(C)(C)C)c1)OC13Oc4ccc(C(CCC[N+](C)(C)C)CCC[N+](C)(C)C)cc4C=[N+]1C(C)(C)C(C)(C)[N+]3=C2.